The van der Waals surface area contributed by atoms with Crippen molar-refractivity contribution in [2.45, 2.75) is 64.3 Å². The van der Waals surface area contributed by atoms with Crippen molar-refractivity contribution in [3.8, 4) is 0 Å². The van der Waals surface area contributed by atoms with Gasteiger partial charge in [-0.15, -0.1) is 0 Å². The number of pyridine rings is 1. The zero-order chi connectivity index (χ0) is 19.2. The van der Waals surface area contributed by atoms with E-state index in [1.54, 1.807) is 0 Å². The van der Waals surface area contributed by atoms with Crippen molar-refractivity contribution >= 4 is 0 Å². The normalized spacial score (nSPS) is 19.6. The summed E-state index contributed by atoms with van der Waals surface area (Å²) < 4.78 is 5.76. The van der Waals surface area contributed by atoms with Gasteiger partial charge in [0.15, 0.2) is 0 Å². The number of hydrogen-bond donors (Lipinski definition) is 1. The van der Waals surface area contributed by atoms with Crippen LogP contribution in [0, 0.1) is 5.92 Å². The molecule has 2 aliphatic rings. The standard InChI is InChI=1S/C23H33N3O2/c27-18-23-8-7-22(28-23)17-25(16-20-4-3-11-24-14-20)15-19-9-12-26(13-10-19)21-5-1-2-6-21/h3-4,7-8,11,14,19,21,27H,1-2,5-6,9-10,12-13,15-18H2. The van der Waals surface area contributed by atoms with Gasteiger partial charge >= 0.3 is 0 Å². The van der Waals surface area contributed by atoms with E-state index < -0.39 is 0 Å². The molecule has 1 saturated carbocycles. The molecule has 0 amide bonds. The highest BCUT2D eigenvalue weighted by Gasteiger charge is 2.28. The third-order valence-corrected chi connectivity index (χ3v) is 6.39. The van der Waals surface area contributed by atoms with Crippen LogP contribution in [0.3, 0.4) is 0 Å². The van der Waals surface area contributed by atoms with E-state index in [1.165, 1.54) is 57.2 Å². The smallest absolute Gasteiger partial charge is 0.129 e. The molecule has 152 valence electrons. The van der Waals surface area contributed by atoms with E-state index in [9.17, 15) is 5.11 Å². The minimum Gasteiger partial charge on any atom is -0.462 e. The van der Waals surface area contributed by atoms with Gasteiger partial charge in [0.2, 0.25) is 0 Å². The summed E-state index contributed by atoms with van der Waals surface area (Å²) in [6, 6.07) is 8.86. The number of likely N-dealkylation sites (tertiary alicyclic amines) is 1. The van der Waals surface area contributed by atoms with E-state index in [0.29, 0.717) is 5.76 Å². The monoisotopic (exact) mass is 383 g/mol. The summed E-state index contributed by atoms with van der Waals surface area (Å²) >= 11 is 0. The van der Waals surface area contributed by atoms with E-state index >= 15 is 0 Å². The molecule has 1 aliphatic heterocycles. The lowest BCUT2D eigenvalue weighted by atomic mass is 9.94. The lowest BCUT2D eigenvalue weighted by Crippen LogP contribution is -2.42. The van der Waals surface area contributed by atoms with Crippen molar-refractivity contribution in [3.63, 3.8) is 0 Å². The van der Waals surface area contributed by atoms with Gasteiger partial charge in [0.1, 0.15) is 18.1 Å². The minimum absolute atomic E-state index is 0.0395. The highest BCUT2D eigenvalue weighted by Crippen LogP contribution is 2.28. The topological polar surface area (TPSA) is 52.7 Å². The number of nitrogens with zero attached hydrogens (tertiary/aromatic N) is 3. The van der Waals surface area contributed by atoms with Crippen LogP contribution in [0.1, 0.15) is 55.6 Å². The molecule has 2 aromatic rings. The molecule has 1 aliphatic carbocycles. The van der Waals surface area contributed by atoms with Crippen molar-refractivity contribution in [2.75, 3.05) is 19.6 Å². The van der Waals surface area contributed by atoms with Crippen molar-refractivity contribution < 1.29 is 9.52 Å². The van der Waals surface area contributed by atoms with Crippen LogP contribution in [0.5, 0.6) is 0 Å². The van der Waals surface area contributed by atoms with Gasteiger partial charge in [0.05, 0.1) is 6.54 Å². The first-order valence-corrected chi connectivity index (χ1v) is 10.8. The maximum atomic E-state index is 9.28. The van der Waals surface area contributed by atoms with Crippen molar-refractivity contribution in [1.29, 1.82) is 0 Å². The van der Waals surface area contributed by atoms with Crippen molar-refractivity contribution in [3.05, 3.63) is 53.7 Å². The first-order valence-electron chi connectivity index (χ1n) is 10.8. The number of aliphatic hydroxyl groups excluding tert-OH is 1. The van der Waals surface area contributed by atoms with Gasteiger partial charge in [0.25, 0.3) is 0 Å². The Balaban J connectivity index is 1.35. The Morgan fingerprint density at radius 2 is 1.82 bits per heavy atom. The number of aromatic nitrogens is 1. The third-order valence-electron chi connectivity index (χ3n) is 6.39. The summed E-state index contributed by atoms with van der Waals surface area (Å²) in [6.07, 6.45) is 12.0. The highest BCUT2D eigenvalue weighted by molar-refractivity contribution is 5.10. The Bertz CT molecular complexity index is 704. The van der Waals surface area contributed by atoms with E-state index in [1.807, 2.05) is 30.6 Å². The Kier molecular flexibility index (Phi) is 6.78. The molecule has 1 N–H and O–H groups in total. The fourth-order valence-corrected chi connectivity index (χ4v) is 4.88. The van der Waals surface area contributed by atoms with Gasteiger partial charge in [-0.1, -0.05) is 18.9 Å². The predicted octanol–water partition coefficient (Wildman–Crippen LogP) is 3.82. The molecule has 0 bridgehead atoms. The Hall–Kier alpha value is -1.69. The number of hydrogen-bond acceptors (Lipinski definition) is 5. The Morgan fingerprint density at radius 1 is 1.04 bits per heavy atom. The van der Waals surface area contributed by atoms with Crippen LogP contribution in [0.15, 0.2) is 41.1 Å². The zero-order valence-corrected chi connectivity index (χ0v) is 16.8. The first kappa shape index (κ1) is 19.6. The fraction of sp³-hybridized carbons (Fsp3) is 0.609. The van der Waals surface area contributed by atoms with E-state index in [4.69, 9.17) is 4.42 Å². The van der Waals surface area contributed by atoms with Crippen LogP contribution in [0.25, 0.3) is 0 Å². The SMILES string of the molecule is OCc1ccc(CN(Cc2cccnc2)CC2CCN(C3CCCC3)CC2)o1. The molecule has 0 radical (unpaired) electrons. The number of furan rings is 1. The summed E-state index contributed by atoms with van der Waals surface area (Å²) in [6.45, 7) is 5.21. The van der Waals surface area contributed by atoms with Crippen LogP contribution in [0.4, 0.5) is 0 Å². The molecule has 2 fully saturated rings. The van der Waals surface area contributed by atoms with Gasteiger partial charge in [-0.2, -0.15) is 0 Å². The lowest BCUT2D eigenvalue weighted by molar-refractivity contribution is 0.104. The largest absolute Gasteiger partial charge is 0.462 e. The maximum Gasteiger partial charge on any atom is 0.129 e. The molecule has 2 aromatic heterocycles. The lowest BCUT2D eigenvalue weighted by Gasteiger charge is -2.37. The number of piperidine rings is 1. The summed E-state index contributed by atoms with van der Waals surface area (Å²) in [7, 11) is 0. The summed E-state index contributed by atoms with van der Waals surface area (Å²) in [5, 5.41) is 9.28. The second-order valence-electron chi connectivity index (χ2n) is 8.47. The van der Waals surface area contributed by atoms with Gasteiger partial charge < -0.3 is 14.4 Å². The number of rotatable bonds is 8. The quantitative estimate of drug-likeness (QED) is 0.751. The maximum absolute atomic E-state index is 9.28. The molecule has 5 nitrogen and oxygen atoms in total. The van der Waals surface area contributed by atoms with Gasteiger partial charge in [-0.25, -0.2) is 0 Å². The van der Waals surface area contributed by atoms with E-state index in [2.05, 4.69) is 20.9 Å². The molecule has 0 aromatic carbocycles. The van der Waals surface area contributed by atoms with E-state index in [-0.39, 0.29) is 6.61 Å². The fourth-order valence-electron chi connectivity index (χ4n) is 4.88. The van der Waals surface area contributed by atoms with Crippen LogP contribution in [-0.4, -0.2) is 45.6 Å². The summed E-state index contributed by atoms with van der Waals surface area (Å²) in [4.78, 5) is 9.50. The van der Waals surface area contributed by atoms with Gasteiger partial charge in [-0.3, -0.25) is 9.88 Å². The molecular weight excluding hydrogens is 350 g/mol. The third kappa shape index (κ3) is 5.22. The Morgan fingerprint density at radius 3 is 2.50 bits per heavy atom. The second-order valence-corrected chi connectivity index (χ2v) is 8.47. The van der Waals surface area contributed by atoms with Crippen LogP contribution in [0.2, 0.25) is 0 Å². The van der Waals surface area contributed by atoms with Gasteiger partial charge in [0, 0.05) is 31.5 Å². The first-order chi connectivity index (χ1) is 13.8. The molecule has 3 heterocycles. The average Bonchev–Trinajstić information content (AvgIpc) is 3.41. The van der Waals surface area contributed by atoms with Crippen molar-refractivity contribution in [1.82, 2.24) is 14.8 Å². The minimum atomic E-state index is -0.0395. The van der Waals surface area contributed by atoms with Crippen LogP contribution >= 0.6 is 0 Å². The molecule has 0 spiro atoms. The molecule has 1 saturated heterocycles. The molecule has 0 unspecified atom stereocenters. The highest BCUT2D eigenvalue weighted by atomic mass is 16.4. The van der Waals surface area contributed by atoms with Crippen molar-refractivity contribution in [2.24, 2.45) is 5.92 Å². The zero-order valence-electron chi connectivity index (χ0n) is 16.8. The predicted molar refractivity (Wildman–Crippen MR) is 110 cm³/mol. The molecule has 28 heavy (non-hydrogen) atoms. The molecule has 0 atom stereocenters. The van der Waals surface area contributed by atoms with Crippen LogP contribution < -0.4 is 0 Å². The van der Waals surface area contributed by atoms with Gasteiger partial charge in [-0.05, 0) is 68.5 Å². The second kappa shape index (κ2) is 9.68. The summed E-state index contributed by atoms with van der Waals surface area (Å²) in [5.41, 5.74) is 1.24. The number of aliphatic hydroxyl groups is 1. The molecular formula is C23H33N3O2. The molecule has 4 rings (SSSR count). The summed E-state index contributed by atoms with van der Waals surface area (Å²) in [5.74, 6) is 2.30. The molecule has 5 heteroatoms. The van der Waals surface area contributed by atoms with E-state index in [0.717, 1.165) is 37.4 Å². The van der Waals surface area contributed by atoms with Crippen LogP contribution in [-0.2, 0) is 19.7 Å². The Labute approximate surface area is 168 Å². The average molecular weight is 384 g/mol.